The Morgan fingerprint density at radius 1 is 1.18 bits per heavy atom. The molecule has 0 fully saturated rings. The van der Waals surface area contributed by atoms with E-state index in [1.54, 1.807) is 25.4 Å². The van der Waals surface area contributed by atoms with Crippen LogP contribution in [-0.4, -0.2) is 22.9 Å². The molecule has 22 heavy (non-hydrogen) atoms. The fourth-order valence-corrected chi connectivity index (χ4v) is 2.85. The van der Waals surface area contributed by atoms with Crippen molar-refractivity contribution in [1.82, 2.24) is 9.97 Å². The van der Waals surface area contributed by atoms with Crippen molar-refractivity contribution in [3.63, 3.8) is 0 Å². The first-order valence-corrected chi connectivity index (χ1v) is 7.67. The molecule has 0 bridgehead atoms. The molecule has 5 heteroatoms. The van der Waals surface area contributed by atoms with E-state index in [4.69, 9.17) is 4.74 Å². The fraction of sp³-hybridized carbons (Fsp3) is 0.118. The van der Waals surface area contributed by atoms with E-state index >= 15 is 0 Å². The zero-order valence-electron chi connectivity index (χ0n) is 12.0. The largest absolute Gasteiger partial charge is 0.497 e. The molecule has 0 aliphatic heterocycles. The van der Waals surface area contributed by atoms with Crippen LogP contribution in [0.25, 0.3) is 11.4 Å². The summed E-state index contributed by atoms with van der Waals surface area (Å²) < 4.78 is 5.14. The second-order valence-corrected chi connectivity index (χ2v) is 5.62. The molecule has 0 saturated carbocycles. The molecule has 4 nitrogen and oxygen atoms in total. The van der Waals surface area contributed by atoms with E-state index in [9.17, 15) is 4.79 Å². The third kappa shape index (κ3) is 3.20. The van der Waals surface area contributed by atoms with Gasteiger partial charge in [-0.05, 0) is 24.3 Å². The Morgan fingerprint density at radius 2 is 2.09 bits per heavy atom. The molecule has 110 valence electrons. The number of ketones is 1. The van der Waals surface area contributed by atoms with Gasteiger partial charge < -0.3 is 4.74 Å². The van der Waals surface area contributed by atoms with Crippen molar-refractivity contribution in [3.8, 4) is 17.1 Å². The van der Waals surface area contributed by atoms with Crippen LogP contribution in [0.5, 0.6) is 5.75 Å². The Kier molecular flexibility index (Phi) is 4.25. The normalized spacial score (nSPS) is 10.4. The molecule has 0 spiro atoms. The van der Waals surface area contributed by atoms with Crippen LogP contribution >= 0.6 is 11.3 Å². The summed E-state index contributed by atoms with van der Waals surface area (Å²) in [5.74, 6) is 0.708. The number of ether oxygens (including phenoxy) is 1. The summed E-state index contributed by atoms with van der Waals surface area (Å²) in [7, 11) is 1.59. The molecule has 0 radical (unpaired) electrons. The van der Waals surface area contributed by atoms with E-state index in [2.05, 4.69) is 9.97 Å². The smallest absolute Gasteiger partial charge is 0.169 e. The Hall–Kier alpha value is -2.53. The second-order valence-electron chi connectivity index (χ2n) is 4.67. The number of rotatable bonds is 5. The molecule has 0 aliphatic rings. The number of nitrogens with zero attached hydrogens (tertiary/aromatic N) is 2. The monoisotopic (exact) mass is 310 g/mol. The van der Waals surface area contributed by atoms with Crippen LogP contribution in [0, 0.1) is 0 Å². The number of hydrogen-bond acceptors (Lipinski definition) is 5. The molecule has 2 aromatic heterocycles. The standard InChI is InChI=1S/C17H14N2O2S/c1-21-13-6-4-5-12(9-13)16(20)10-17-19-15(11-22-17)14-7-2-3-8-18-14/h2-9,11H,10H2,1H3. The molecule has 0 N–H and O–H groups in total. The van der Waals surface area contributed by atoms with Gasteiger partial charge in [-0.1, -0.05) is 18.2 Å². The molecule has 3 aromatic rings. The number of carbonyl (C=O) groups excluding carboxylic acids is 1. The number of aromatic nitrogens is 2. The summed E-state index contributed by atoms with van der Waals surface area (Å²) in [6.45, 7) is 0. The van der Waals surface area contributed by atoms with Crippen molar-refractivity contribution in [2.24, 2.45) is 0 Å². The molecular weight excluding hydrogens is 296 g/mol. The molecule has 1 aromatic carbocycles. The van der Waals surface area contributed by atoms with Crippen molar-refractivity contribution in [2.75, 3.05) is 7.11 Å². The first-order valence-electron chi connectivity index (χ1n) is 6.79. The van der Waals surface area contributed by atoms with Gasteiger partial charge in [0.25, 0.3) is 0 Å². The summed E-state index contributed by atoms with van der Waals surface area (Å²) in [6, 6.07) is 12.9. The highest BCUT2D eigenvalue weighted by Gasteiger charge is 2.12. The van der Waals surface area contributed by atoms with Gasteiger partial charge in [-0.3, -0.25) is 9.78 Å². The maximum absolute atomic E-state index is 12.3. The first-order chi connectivity index (χ1) is 10.8. The van der Waals surface area contributed by atoms with Gasteiger partial charge in [0.05, 0.1) is 24.9 Å². The van der Waals surface area contributed by atoms with Crippen LogP contribution in [0.4, 0.5) is 0 Å². The van der Waals surface area contributed by atoms with E-state index in [0.717, 1.165) is 16.4 Å². The van der Waals surface area contributed by atoms with Crippen LogP contribution in [0.2, 0.25) is 0 Å². The lowest BCUT2D eigenvalue weighted by Crippen LogP contribution is -2.03. The molecule has 0 aliphatic carbocycles. The van der Waals surface area contributed by atoms with Gasteiger partial charge in [-0.25, -0.2) is 4.98 Å². The molecule has 0 atom stereocenters. The summed E-state index contributed by atoms with van der Waals surface area (Å²) in [4.78, 5) is 21.1. The predicted molar refractivity (Wildman–Crippen MR) is 86.4 cm³/mol. The third-order valence-corrected chi connectivity index (χ3v) is 4.03. The average Bonchev–Trinajstić information content (AvgIpc) is 3.04. The highest BCUT2D eigenvalue weighted by molar-refractivity contribution is 7.10. The Labute approximate surface area is 132 Å². The number of Topliss-reactive ketones (excluding diaryl/α,β-unsaturated/α-hetero) is 1. The van der Waals surface area contributed by atoms with Crippen LogP contribution in [0.15, 0.2) is 54.0 Å². The van der Waals surface area contributed by atoms with Crippen molar-refractivity contribution in [1.29, 1.82) is 0 Å². The predicted octanol–water partition coefficient (Wildman–Crippen LogP) is 3.64. The molecule has 2 heterocycles. The molecule has 0 amide bonds. The maximum Gasteiger partial charge on any atom is 0.169 e. The highest BCUT2D eigenvalue weighted by Crippen LogP contribution is 2.21. The van der Waals surface area contributed by atoms with Crippen LogP contribution in [-0.2, 0) is 6.42 Å². The fourth-order valence-electron chi connectivity index (χ4n) is 2.06. The summed E-state index contributed by atoms with van der Waals surface area (Å²) in [5.41, 5.74) is 2.26. The van der Waals surface area contributed by atoms with Crippen molar-refractivity contribution in [3.05, 3.63) is 64.6 Å². The minimum absolute atomic E-state index is 0.0285. The number of hydrogen-bond donors (Lipinski definition) is 0. The minimum Gasteiger partial charge on any atom is -0.497 e. The van der Waals surface area contributed by atoms with Gasteiger partial charge >= 0.3 is 0 Å². The first kappa shape index (κ1) is 14.4. The maximum atomic E-state index is 12.3. The summed E-state index contributed by atoms with van der Waals surface area (Å²) in [6.07, 6.45) is 2.01. The van der Waals surface area contributed by atoms with Crippen LogP contribution in [0.1, 0.15) is 15.4 Å². The molecule has 0 unspecified atom stereocenters. The van der Waals surface area contributed by atoms with Crippen molar-refractivity contribution in [2.45, 2.75) is 6.42 Å². The number of thiazole rings is 1. The average molecular weight is 310 g/mol. The molecule has 3 rings (SSSR count). The van der Waals surface area contributed by atoms with Crippen molar-refractivity contribution >= 4 is 17.1 Å². The SMILES string of the molecule is COc1cccc(C(=O)Cc2nc(-c3ccccn3)cs2)c1. The number of pyridine rings is 1. The van der Waals surface area contributed by atoms with Crippen molar-refractivity contribution < 1.29 is 9.53 Å². The number of carbonyl (C=O) groups is 1. The van der Waals surface area contributed by atoms with E-state index in [1.165, 1.54) is 11.3 Å². The van der Waals surface area contributed by atoms with Gasteiger partial charge in [0, 0.05) is 17.1 Å². The Balaban J connectivity index is 1.76. The zero-order chi connectivity index (χ0) is 15.4. The van der Waals surface area contributed by atoms with Gasteiger partial charge in [0.2, 0.25) is 0 Å². The van der Waals surface area contributed by atoms with Crippen LogP contribution < -0.4 is 4.74 Å². The van der Waals surface area contributed by atoms with Crippen LogP contribution in [0.3, 0.4) is 0 Å². The summed E-state index contributed by atoms with van der Waals surface area (Å²) in [5, 5.41) is 2.71. The highest BCUT2D eigenvalue weighted by atomic mass is 32.1. The van der Waals surface area contributed by atoms with E-state index in [-0.39, 0.29) is 12.2 Å². The summed E-state index contributed by atoms with van der Waals surface area (Å²) >= 11 is 1.47. The third-order valence-electron chi connectivity index (χ3n) is 3.18. The van der Waals surface area contributed by atoms with E-state index < -0.39 is 0 Å². The Morgan fingerprint density at radius 3 is 2.86 bits per heavy atom. The lowest BCUT2D eigenvalue weighted by Gasteiger charge is -2.02. The molecule has 0 saturated heterocycles. The topological polar surface area (TPSA) is 52.1 Å². The lowest BCUT2D eigenvalue weighted by atomic mass is 10.1. The van der Waals surface area contributed by atoms with Gasteiger partial charge in [0.15, 0.2) is 5.78 Å². The van der Waals surface area contributed by atoms with Gasteiger partial charge in [0.1, 0.15) is 10.8 Å². The second kappa shape index (κ2) is 6.49. The van der Waals surface area contributed by atoms with Gasteiger partial charge in [-0.15, -0.1) is 11.3 Å². The zero-order valence-corrected chi connectivity index (χ0v) is 12.8. The minimum atomic E-state index is 0.0285. The lowest BCUT2D eigenvalue weighted by molar-refractivity contribution is 0.0992. The molecular formula is C17H14N2O2S. The Bertz CT molecular complexity index is 784. The van der Waals surface area contributed by atoms with Gasteiger partial charge in [-0.2, -0.15) is 0 Å². The van der Waals surface area contributed by atoms with E-state index in [0.29, 0.717) is 11.3 Å². The quantitative estimate of drug-likeness (QED) is 0.675. The number of benzene rings is 1. The number of methoxy groups -OCH3 is 1. The van der Waals surface area contributed by atoms with E-state index in [1.807, 2.05) is 35.7 Å².